The van der Waals surface area contributed by atoms with Crippen molar-refractivity contribution >= 4 is 8.80 Å². The van der Waals surface area contributed by atoms with Gasteiger partial charge in [0, 0.05) is 21.3 Å². The predicted molar refractivity (Wildman–Crippen MR) is 71.4 cm³/mol. The van der Waals surface area contributed by atoms with Crippen LogP contribution in [0, 0.1) is 0 Å². The molecule has 2 aliphatic rings. The maximum atomic E-state index is 5.66. The van der Waals surface area contributed by atoms with Gasteiger partial charge in [0.1, 0.15) is 11.4 Å². The Morgan fingerprint density at radius 1 is 1.05 bits per heavy atom. The first-order chi connectivity index (χ1) is 8.91. The second-order valence-electron chi connectivity index (χ2n) is 5.44. The second kappa shape index (κ2) is 5.07. The molecule has 19 heavy (non-hydrogen) atoms. The minimum Gasteiger partial charge on any atom is -0.376 e. The molecule has 0 aromatic rings. The Labute approximate surface area is 116 Å². The summed E-state index contributed by atoms with van der Waals surface area (Å²) in [6.07, 6.45) is 0.847. The van der Waals surface area contributed by atoms with Crippen LogP contribution in [0.2, 0.25) is 0 Å². The second-order valence-corrected chi connectivity index (χ2v) is 8.54. The van der Waals surface area contributed by atoms with Crippen molar-refractivity contribution in [1.29, 1.82) is 0 Å². The average Bonchev–Trinajstić information content (AvgIpc) is 3.31. The fraction of sp³-hybridized carbons (Fsp3) is 1.00. The summed E-state index contributed by atoms with van der Waals surface area (Å²) in [5.41, 5.74) is -0.605. The highest BCUT2D eigenvalue weighted by molar-refractivity contribution is 6.62. The third-order valence-corrected chi connectivity index (χ3v) is 7.29. The van der Waals surface area contributed by atoms with Crippen molar-refractivity contribution in [1.82, 2.24) is 4.90 Å². The molecule has 2 saturated heterocycles. The lowest BCUT2D eigenvalue weighted by Crippen LogP contribution is -2.66. The SMILES string of the molecule is CCC(N(C1(C)CO1)C1(C)CO1)[Si](OC)(OC)OC. The van der Waals surface area contributed by atoms with Crippen LogP contribution < -0.4 is 0 Å². The van der Waals surface area contributed by atoms with Crippen molar-refractivity contribution in [2.75, 3.05) is 34.5 Å². The number of ether oxygens (including phenoxy) is 2. The average molecular weight is 291 g/mol. The van der Waals surface area contributed by atoms with Gasteiger partial charge in [-0.1, -0.05) is 6.92 Å². The largest absolute Gasteiger partial charge is 0.518 e. The van der Waals surface area contributed by atoms with Crippen LogP contribution in [0.1, 0.15) is 27.2 Å². The van der Waals surface area contributed by atoms with E-state index in [0.717, 1.165) is 6.42 Å². The van der Waals surface area contributed by atoms with Crippen LogP contribution in [0.15, 0.2) is 0 Å². The fourth-order valence-corrected chi connectivity index (χ4v) is 5.57. The van der Waals surface area contributed by atoms with Crippen molar-refractivity contribution in [3.63, 3.8) is 0 Å². The van der Waals surface area contributed by atoms with E-state index >= 15 is 0 Å². The molecular weight excluding hydrogens is 266 g/mol. The molecule has 0 aromatic carbocycles. The number of epoxide rings is 2. The Bertz CT molecular complexity index is 302. The third-order valence-electron chi connectivity index (χ3n) is 4.10. The van der Waals surface area contributed by atoms with Gasteiger partial charge in [-0.15, -0.1) is 0 Å². The summed E-state index contributed by atoms with van der Waals surface area (Å²) < 4.78 is 28.2. The lowest BCUT2D eigenvalue weighted by molar-refractivity contribution is -0.0481. The van der Waals surface area contributed by atoms with Crippen molar-refractivity contribution in [3.05, 3.63) is 0 Å². The van der Waals surface area contributed by atoms with Crippen molar-refractivity contribution < 1.29 is 22.8 Å². The molecule has 0 spiro atoms. The molecule has 112 valence electrons. The van der Waals surface area contributed by atoms with Crippen LogP contribution in [-0.2, 0) is 22.8 Å². The Balaban J connectivity index is 2.32. The summed E-state index contributed by atoms with van der Waals surface area (Å²) in [6.45, 7) is 7.65. The Kier molecular flexibility index (Phi) is 4.10. The van der Waals surface area contributed by atoms with E-state index in [1.54, 1.807) is 21.3 Å². The lowest BCUT2D eigenvalue weighted by atomic mass is 10.2. The molecular formula is C12H25NO5Si. The predicted octanol–water partition coefficient (Wildman–Crippen LogP) is 0.977. The molecule has 0 amide bonds. The number of hydrogen-bond donors (Lipinski definition) is 0. The summed E-state index contributed by atoms with van der Waals surface area (Å²) in [5.74, 6) is 0. The summed E-state index contributed by atoms with van der Waals surface area (Å²) >= 11 is 0. The van der Waals surface area contributed by atoms with Crippen molar-refractivity contribution in [2.24, 2.45) is 0 Å². The van der Waals surface area contributed by atoms with Gasteiger partial charge in [0.15, 0.2) is 0 Å². The molecule has 0 aromatic heterocycles. The van der Waals surface area contributed by atoms with Gasteiger partial charge in [-0.2, -0.15) is 0 Å². The molecule has 2 fully saturated rings. The first-order valence-electron chi connectivity index (χ1n) is 6.64. The highest BCUT2D eigenvalue weighted by Gasteiger charge is 2.66. The third kappa shape index (κ3) is 2.48. The summed E-state index contributed by atoms with van der Waals surface area (Å²) in [5, 5.41) is 0. The summed E-state index contributed by atoms with van der Waals surface area (Å²) in [6, 6.07) is 0. The van der Waals surface area contributed by atoms with Gasteiger partial charge < -0.3 is 22.8 Å². The zero-order valence-corrected chi connectivity index (χ0v) is 13.7. The van der Waals surface area contributed by atoms with Crippen LogP contribution >= 0.6 is 0 Å². The van der Waals surface area contributed by atoms with E-state index < -0.39 is 8.80 Å². The Hall–Kier alpha value is -0.0231. The van der Waals surface area contributed by atoms with E-state index in [1.165, 1.54) is 0 Å². The zero-order valence-electron chi connectivity index (χ0n) is 12.7. The van der Waals surface area contributed by atoms with E-state index in [0.29, 0.717) is 13.2 Å². The smallest absolute Gasteiger partial charge is 0.376 e. The maximum absolute atomic E-state index is 5.66. The molecule has 0 bridgehead atoms. The lowest BCUT2D eigenvalue weighted by Gasteiger charge is -2.43. The maximum Gasteiger partial charge on any atom is 0.518 e. The van der Waals surface area contributed by atoms with E-state index in [9.17, 15) is 0 Å². The van der Waals surface area contributed by atoms with Gasteiger partial charge in [-0.25, -0.2) is 4.90 Å². The minimum atomic E-state index is -2.78. The van der Waals surface area contributed by atoms with Crippen molar-refractivity contribution in [3.8, 4) is 0 Å². The standard InChI is InChI=1S/C12H25NO5Si/c1-7-10(19(14-4,15-5)16-6)13(11(2)8-17-11)12(3)9-18-12/h10H,7-9H2,1-6H3. The molecule has 3 atom stereocenters. The molecule has 0 N–H and O–H groups in total. The van der Waals surface area contributed by atoms with E-state index in [2.05, 4.69) is 25.7 Å². The molecule has 2 heterocycles. The number of rotatable bonds is 8. The first kappa shape index (κ1) is 15.4. The Morgan fingerprint density at radius 2 is 1.42 bits per heavy atom. The topological polar surface area (TPSA) is 56.0 Å². The highest BCUT2D eigenvalue weighted by atomic mass is 28.4. The van der Waals surface area contributed by atoms with Crippen LogP contribution in [-0.4, -0.2) is 65.4 Å². The summed E-state index contributed by atoms with van der Waals surface area (Å²) in [4.78, 5) is 2.24. The van der Waals surface area contributed by atoms with Crippen LogP contribution in [0.25, 0.3) is 0 Å². The normalized spacial score (nSPS) is 35.5. The van der Waals surface area contributed by atoms with Crippen LogP contribution in [0.4, 0.5) is 0 Å². The molecule has 2 aliphatic heterocycles. The van der Waals surface area contributed by atoms with Gasteiger partial charge in [0.2, 0.25) is 0 Å². The highest BCUT2D eigenvalue weighted by Crippen LogP contribution is 2.46. The van der Waals surface area contributed by atoms with Gasteiger partial charge in [-0.3, -0.25) is 0 Å². The molecule has 6 nitrogen and oxygen atoms in total. The monoisotopic (exact) mass is 291 g/mol. The Morgan fingerprint density at radius 3 is 1.63 bits per heavy atom. The van der Waals surface area contributed by atoms with Gasteiger partial charge >= 0.3 is 8.80 Å². The zero-order chi connectivity index (χ0) is 14.3. The van der Waals surface area contributed by atoms with Gasteiger partial charge in [0.25, 0.3) is 0 Å². The van der Waals surface area contributed by atoms with Gasteiger partial charge in [0.05, 0.1) is 18.9 Å². The van der Waals surface area contributed by atoms with Crippen LogP contribution in [0.3, 0.4) is 0 Å². The van der Waals surface area contributed by atoms with E-state index in [-0.39, 0.29) is 17.1 Å². The quantitative estimate of drug-likeness (QED) is 0.491. The first-order valence-corrected chi connectivity index (χ1v) is 8.44. The fourth-order valence-electron chi connectivity index (χ4n) is 2.90. The number of nitrogens with zero attached hydrogens (tertiary/aromatic N) is 1. The molecule has 0 aliphatic carbocycles. The molecule has 0 saturated carbocycles. The van der Waals surface area contributed by atoms with Gasteiger partial charge in [-0.05, 0) is 20.3 Å². The molecule has 7 heteroatoms. The molecule has 3 unspecified atom stereocenters. The van der Waals surface area contributed by atoms with E-state index in [4.69, 9.17) is 22.8 Å². The van der Waals surface area contributed by atoms with Crippen LogP contribution in [0.5, 0.6) is 0 Å². The summed E-state index contributed by atoms with van der Waals surface area (Å²) in [7, 11) is 2.15. The molecule has 0 radical (unpaired) electrons. The molecule has 2 rings (SSSR count). The van der Waals surface area contributed by atoms with Crippen molar-refractivity contribution in [2.45, 2.75) is 44.3 Å². The van der Waals surface area contributed by atoms with E-state index in [1.807, 2.05) is 0 Å². The number of hydrogen-bond acceptors (Lipinski definition) is 6. The minimum absolute atomic E-state index is 0.00694.